The Bertz CT molecular complexity index is 428. The van der Waals surface area contributed by atoms with Gasteiger partial charge in [0.25, 0.3) is 0 Å². The van der Waals surface area contributed by atoms with Crippen LogP contribution in [-0.2, 0) is 6.42 Å². The van der Waals surface area contributed by atoms with Crippen LogP contribution >= 0.6 is 0 Å². The molecule has 1 aromatic rings. The molecule has 0 aliphatic rings. The first kappa shape index (κ1) is 15.3. The first-order valence-electron chi connectivity index (χ1n) is 6.78. The molecule has 19 heavy (non-hydrogen) atoms. The summed E-state index contributed by atoms with van der Waals surface area (Å²) in [4.78, 5) is 2.22. The Morgan fingerprint density at radius 2 is 1.89 bits per heavy atom. The third-order valence-corrected chi connectivity index (χ3v) is 3.46. The zero-order chi connectivity index (χ0) is 14.3. The van der Waals surface area contributed by atoms with E-state index in [9.17, 15) is 0 Å². The molecule has 0 amide bonds. The summed E-state index contributed by atoms with van der Waals surface area (Å²) in [5.41, 5.74) is 3.71. The van der Waals surface area contributed by atoms with Gasteiger partial charge in [0, 0.05) is 25.2 Å². The van der Waals surface area contributed by atoms with Crippen molar-refractivity contribution in [2.45, 2.75) is 32.2 Å². The summed E-state index contributed by atoms with van der Waals surface area (Å²) in [6.07, 6.45) is 6.86. The summed E-state index contributed by atoms with van der Waals surface area (Å²) in [5, 5.41) is 0. The Morgan fingerprint density at radius 1 is 1.26 bits per heavy atom. The van der Waals surface area contributed by atoms with Crippen molar-refractivity contribution in [1.82, 2.24) is 4.90 Å². The van der Waals surface area contributed by atoms with Crippen molar-refractivity contribution < 1.29 is 0 Å². The van der Waals surface area contributed by atoms with Gasteiger partial charge in [0.2, 0.25) is 0 Å². The highest BCUT2D eigenvalue weighted by Gasteiger charge is 2.12. The number of hydrogen-bond donors (Lipinski definition) is 0. The monoisotopic (exact) mass is 255 g/mol. The van der Waals surface area contributed by atoms with Crippen molar-refractivity contribution in [3.8, 4) is 0 Å². The number of rotatable bonds is 8. The van der Waals surface area contributed by atoms with Crippen LogP contribution in [0.25, 0.3) is 0 Å². The molecule has 0 radical (unpaired) electrons. The molecule has 102 valence electrons. The van der Waals surface area contributed by atoms with Crippen LogP contribution in [0.5, 0.6) is 0 Å². The molecule has 1 unspecified atom stereocenters. The number of hydrogen-bond acceptors (Lipinski definition) is 1. The molecule has 1 rings (SSSR count). The van der Waals surface area contributed by atoms with Gasteiger partial charge < -0.3 is 4.90 Å². The highest BCUT2D eigenvalue weighted by Crippen LogP contribution is 2.16. The summed E-state index contributed by atoms with van der Waals surface area (Å²) < 4.78 is 0. The van der Waals surface area contributed by atoms with Crippen LogP contribution in [0.1, 0.15) is 24.0 Å². The van der Waals surface area contributed by atoms with Gasteiger partial charge >= 0.3 is 0 Å². The van der Waals surface area contributed by atoms with Crippen molar-refractivity contribution in [1.29, 1.82) is 0 Å². The standard InChI is InChI=1S/C18H25N/c1-6-8-9-18(7-2)19(5)16(4)14-17-12-10-15(3)11-13-17/h6-7,10-13,18H,1-2,4,8-9,14H2,3,5H3. The Morgan fingerprint density at radius 3 is 2.42 bits per heavy atom. The number of nitrogens with zero attached hydrogens (tertiary/aromatic N) is 1. The SMILES string of the molecule is C=CCCC(C=C)N(C)C(=C)Cc1ccc(C)cc1. The Hall–Kier alpha value is -1.76. The van der Waals surface area contributed by atoms with Crippen LogP contribution in [-0.4, -0.2) is 18.0 Å². The number of aryl methyl sites for hydroxylation is 1. The van der Waals surface area contributed by atoms with E-state index in [1.807, 2.05) is 12.2 Å². The smallest absolute Gasteiger partial charge is 0.0467 e. The van der Waals surface area contributed by atoms with Crippen LogP contribution in [0.3, 0.4) is 0 Å². The predicted molar refractivity (Wildman–Crippen MR) is 85.2 cm³/mol. The maximum atomic E-state index is 4.20. The maximum absolute atomic E-state index is 4.20. The first-order chi connectivity index (χ1) is 9.08. The van der Waals surface area contributed by atoms with E-state index in [0.29, 0.717) is 6.04 Å². The van der Waals surface area contributed by atoms with E-state index in [0.717, 1.165) is 25.0 Å². The van der Waals surface area contributed by atoms with Gasteiger partial charge in [-0.3, -0.25) is 0 Å². The number of benzene rings is 1. The van der Waals surface area contributed by atoms with Crippen molar-refractivity contribution >= 4 is 0 Å². The van der Waals surface area contributed by atoms with Gasteiger partial charge in [0.1, 0.15) is 0 Å². The van der Waals surface area contributed by atoms with Gasteiger partial charge in [0.15, 0.2) is 0 Å². The van der Waals surface area contributed by atoms with Crippen molar-refractivity contribution in [3.63, 3.8) is 0 Å². The lowest BCUT2D eigenvalue weighted by atomic mass is 10.1. The topological polar surface area (TPSA) is 3.24 Å². The largest absolute Gasteiger partial charge is 0.372 e. The van der Waals surface area contributed by atoms with Gasteiger partial charge in [-0.05, 0) is 25.3 Å². The molecule has 0 fully saturated rings. The van der Waals surface area contributed by atoms with E-state index in [4.69, 9.17) is 0 Å². The summed E-state index contributed by atoms with van der Waals surface area (Å²) in [7, 11) is 2.09. The Kier molecular flexibility index (Phi) is 6.14. The lowest BCUT2D eigenvalue weighted by Gasteiger charge is -2.29. The third-order valence-electron chi connectivity index (χ3n) is 3.46. The van der Waals surface area contributed by atoms with Crippen molar-refractivity contribution in [2.75, 3.05) is 7.05 Å². The molecule has 0 heterocycles. The maximum Gasteiger partial charge on any atom is 0.0467 e. The molecule has 0 spiro atoms. The molecule has 0 aliphatic heterocycles. The zero-order valence-corrected chi connectivity index (χ0v) is 12.2. The van der Waals surface area contributed by atoms with Crippen molar-refractivity contribution in [3.05, 3.63) is 73.0 Å². The average Bonchev–Trinajstić information content (AvgIpc) is 2.42. The highest BCUT2D eigenvalue weighted by molar-refractivity contribution is 5.25. The zero-order valence-electron chi connectivity index (χ0n) is 12.2. The summed E-state index contributed by atoms with van der Waals surface area (Å²) in [6.45, 7) is 14.0. The van der Waals surface area contributed by atoms with Crippen LogP contribution < -0.4 is 0 Å². The molecule has 0 saturated carbocycles. The van der Waals surface area contributed by atoms with E-state index < -0.39 is 0 Å². The number of likely N-dealkylation sites (N-methyl/N-ethyl adjacent to an activating group) is 1. The van der Waals surface area contributed by atoms with Crippen LogP contribution in [0.15, 0.2) is 61.9 Å². The second-order valence-electron chi connectivity index (χ2n) is 5.01. The van der Waals surface area contributed by atoms with E-state index in [1.54, 1.807) is 0 Å². The molecule has 1 atom stereocenters. The van der Waals surface area contributed by atoms with Gasteiger partial charge in [-0.25, -0.2) is 0 Å². The fourth-order valence-corrected chi connectivity index (χ4v) is 2.06. The van der Waals surface area contributed by atoms with Gasteiger partial charge in [-0.15, -0.1) is 13.2 Å². The quantitative estimate of drug-likeness (QED) is 0.618. The summed E-state index contributed by atoms with van der Waals surface area (Å²) in [6, 6.07) is 8.95. The molecular formula is C18H25N. The minimum atomic E-state index is 0.330. The molecule has 0 aliphatic carbocycles. The third kappa shape index (κ3) is 4.78. The lowest BCUT2D eigenvalue weighted by Crippen LogP contribution is -2.29. The molecule has 1 aromatic carbocycles. The lowest BCUT2D eigenvalue weighted by molar-refractivity contribution is 0.333. The van der Waals surface area contributed by atoms with Gasteiger partial charge in [-0.2, -0.15) is 0 Å². The summed E-state index contributed by atoms with van der Waals surface area (Å²) in [5.74, 6) is 0. The number of allylic oxidation sites excluding steroid dienone is 2. The first-order valence-corrected chi connectivity index (χ1v) is 6.78. The minimum Gasteiger partial charge on any atom is -0.372 e. The van der Waals surface area contributed by atoms with Crippen molar-refractivity contribution in [2.24, 2.45) is 0 Å². The normalized spacial score (nSPS) is 11.7. The highest BCUT2D eigenvalue weighted by atomic mass is 15.1. The fourth-order valence-electron chi connectivity index (χ4n) is 2.06. The molecular weight excluding hydrogens is 230 g/mol. The van der Waals surface area contributed by atoms with E-state index >= 15 is 0 Å². The molecule has 1 nitrogen and oxygen atoms in total. The van der Waals surface area contributed by atoms with E-state index in [-0.39, 0.29) is 0 Å². The fraction of sp³-hybridized carbons (Fsp3) is 0.333. The minimum absolute atomic E-state index is 0.330. The molecule has 1 heteroatoms. The van der Waals surface area contributed by atoms with Crippen LogP contribution in [0.4, 0.5) is 0 Å². The summed E-state index contributed by atoms with van der Waals surface area (Å²) >= 11 is 0. The van der Waals surface area contributed by atoms with E-state index in [1.165, 1.54) is 11.1 Å². The predicted octanol–water partition coefficient (Wildman–Crippen LogP) is 4.50. The molecule has 0 bridgehead atoms. The van der Waals surface area contributed by atoms with Crippen LogP contribution in [0, 0.1) is 6.92 Å². The molecule has 0 aromatic heterocycles. The second kappa shape index (κ2) is 7.63. The van der Waals surface area contributed by atoms with Crippen LogP contribution in [0.2, 0.25) is 0 Å². The van der Waals surface area contributed by atoms with Gasteiger partial charge in [0.05, 0.1) is 0 Å². The molecule has 0 N–H and O–H groups in total. The Balaban J connectivity index is 2.62. The Labute approximate surface area is 118 Å². The van der Waals surface area contributed by atoms with E-state index in [2.05, 4.69) is 62.9 Å². The van der Waals surface area contributed by atoms with Gasteiger partial charge in [-0.1, -0.05) is 48.6 Å². The average molecular weight is 255 g/mol. The molecule has 0 saturated heterocycles. The second-order valence-corrected chi connectivity index (χ2v) is 5.01.